The van der Waals surface area contributed by atoms with Crippen LogP contribution in [0, 0.1) is 0 Å². The first-order valence-corrected chi connectivity index (χ1v) is 10.8. The third kappa shape index (κ3) is 4.37. The minimum Gasteiger partial charge on any atom is -0.493 e. The van der Waals surface area contributed by atoms with Crippen molar-refractivity contribution >= 4 is 11.7 Å². The van der Waals surface area contributed by atoms with E-state index in [1.54, 1.807) is 32.4 Å². The maximum atomic E-state index is 13.1. The zero-order chi connectivity index (χ0) is 22.5. The number of nitrogens with zero attached hydrogens (tertiary/aromatic N) is 4. The first-order chi connectivity index (χ1) is 15.6. The smallest absolute Gasteiger partial charge is 0.257 e. The summed E-state index contributed by atoms with van der Waals surface area (Å²) in [6.45, 7) is 4.72. The number of para-hydroxylation sites is 1. The Morgan fingerprint density at radius 1 is 0.906 bits per heavy atom. The van der Waals surface area contributed by atoms with Crippen LogP contribution in [0.15, 0.2) is 54.6 Å². The van der Waals surface area contributed by atoms with E-state index in [4.69, 9.17) is 9.47 Å². The molecule has 1 aromatic heterocycles. The lowest BCUT2D eigenvalue weighted by Gasteiger charge is -2.35. The summed E-state index contributed by atoms with van der Waals surface area (Å²) < 4.78 is 10.8. The van der Waals surface area contributed by atoms with Gasteiger partial charge in [-0.25, -0.2) is 0 Å². The summed E-state index contributed by atoms with van der Waals surface area (Å²) in [4.78, 5) is 17.1. The van der Waals surface area contributed by atoms with Crippen LogP contribution in [0.4, 0.5) is 5.82 Å². The van der Waals surface area contributed by atoms with Crippen LogP contribution in [0.2, 0.25) is 0 Å². The van der Waals surface area contributed by atoms with E-state index in [9.17, 15) is 4.79 Å². The van der Waals surface area contributed by atoms with Gasteiger partial charge in [0, 0.05) is 31.7 Å². The van der Waals surface area contributed by atoms with Gasteiger partial charge < -0.3 is 19.3 Å². The van der Waals surface area contributed by atoms with E-state index in [1.165, 1.54) is 5.56 Å². The zero-order valence-electron chi connectivity index (χ0n) is 18.7. The molecule has 1 saturated heterocycles. The lowest BCUT2D eigenvalue weighted by atomic mass is 10.1. The Labute approximate surface area is 188 Å². The molecule has 0 unspecified atom stereocenters. The van der Waals surface area contributed by atoms with Gasteiger partial charge in [-0.05, 0) is 36.2 Å². The highest BCUT2D eigenvalue weighted by molar-refractivity contribution is 5.98. The monoisotopic (exact) mass is 432 g/mol. The van der Waals surface area contributed by atoms with Crippen molar-refractivity contribution in [3.8, 4) is 22.8 Å². The van der Waals surface area contributed by atoms with E-state index in [0.717, 1.165) is 23.5 Å². The molecule has 166 valence electrons. The SMILES string of the molecule is CCc1ccc(-c2ccc(N3CCN(C(=O)c4cccc(OC)c4OC)CC3)nn2)cc1. The van der Waals surface area contributed by atoms with E-state index in [0.29, 0.717) is 43.2 Å². The van der Waals surface area contributed by atoms with Crippen LogP contribution in [-0.2, 0) is 6.42 Å². The molecule has 0 atom stereocenters. The summed E-state index contributed by atoms with van der Waals surface area (Å²) in [5.74, 6) is 1.79. The van der Waals surface area contributed by atoms with Crippen LogP contribution >= 0.6 is 0 Å². The second-order valence-corrected chi connectivity index (χ2v) is 7.65. The molecule has 1 amide bonds. The Balaban J connectivity index is 1.41. The number of hydrogen-bond donors (Lipinski definition) is 0. The molecule has 1 fully saturated rings. The fraction of sp³-hybridized carbons (Fsp3) is 0.320. The number of aromatic nitrogens is 2. The maximum absolute atomic E-state index is 13.1. The number of ether oxygens (including phenoxy) is 2. The molecule has 1 aliphatic heterocycles. The number of methoxy groups -OCH3 is 2. The van der Waals surface area contributed by atoms with Crippen molar-refractivity contribution in [2.24, 2.45) is 0 Å². The van der Waals surface area contributed by atoms with Gasteiger partial charge in [0.25, 0.3) is 5.91 Å². The lowest BCUT2D eigenvalue weighted by Crippen LogP contribution is -2.49. The molecular weight excluding hydrogens is 404 g/mol. The number of benzene rings is 2. The average Bonchev–Trinajstić information content (AvgIpc) is 2.88. The number of piperazine rings is 1. The second kappa shape index (κ2) is 9.68. The van der Waals surface area contributed by atoms with Gasteiger partial charge in [0.05, 0.1) is 25.5 Å². The third-order valence-electron chi connectivity index (χ3n) is 5.83. The molecule has 0 radical (unpaired) electrons. The molecule has 4 rings (SSSR count). The Kier molecular flexibility index (Phi) is 6.54. The predicted octanol–water partition coefficient (Wildman–Crippen LogP) is 3.69. The van der Waals surface area contributed by atoms with E-state index in [2.05, 4.69) is 46.3 Å². The van der Waals surface area contributed by atoms with Gasteiger partial charge in [-0.3, -0.25) is 4.79 Å². The van der Waals surface area contributed by atoms with Crippen LogP contribution in [0.3, 0.4) is 0 Å². The van der Waals surface area contributed by atoms with Gasteiger partial charge in [0.15, 0.2) is 17.3 Å². The fourth-order valence-electron chi connectivity index (χ4n) is 3.92. The number of amides is 1. The third-order valence-corrected chi connectivity index (χ3v) is 5.83. The van der Waals surface area contributed by atoms with E-state index >= 15 is 0 Å². The average molecular weight is 433 g/mol. The van der Waals surface area contributed by atoms with Crippen molar-refractivity contribution in [2.75, 3.05) is 45.3 Å². The molecule has 0 bridgehead atoms. The minimum atomic E-state index is -0.0580. The number of rotatable bonds is 6. The molecule has 3 aromatic rings. The number of carbonyl (C=O) groups excluding carboxylic acids is 1. The largest absolute Gasteiger partial charge is 0.493 e. The highest BCUT2D eigenvalue weighted by atomic mass is 16.5. The van der Waals surface area contributed by atoms with Crippen LogP contribution in [-0.4, -0.2) is 61.4 Å². The molecule has 0 N–H and O–H groups in total. The summed E-state index contributed by atoms with van der Waals surface area (Å²) >= 11 is 0. The standard InChI is InChI=1S/C25H28N4O3/c1-4-18-8-10-19(11-9-18)21-12-13-23(27-26-21)28-14-16-29(17-15-28)25(30)20-6-5-7-22(31-2)24(20)32-3/h5-13H,4,14-17H2,1-3H3. The molecule has 0 saturated carbocycles. The number of anilines is 1. The lowest BCUT2D eigenvalue weighted by molar-refractivity contribution is 0.0742. The van der Waals surface area contributed by atoms with Crippen molar-refractivity contribution in [1.29, 1.82) is 0 Å². The van der Waals surface area contributed by atoms with Crippen molar-refractivity contribution < 1.29 is 14.3 Å². The van der Waals surface area contributed by atoms with Crippen LogP contribution in [0.5, 0.6) is 11.5 Å². The first kappa shape index (κ1) is 21.6. The molecule has 7 heteroatoms. The van der Waals surface area contributed by atoms with Gasteiger partial charge >= 0.3 is 0 Å². The number of hydrogen-bond acceptors (Lipinski definition) is 6. The van der Waals surface area contributed by atoms with Crippen molar-refractivity contribution in [3.05, 3.63) is 65.7 Å². The topological polar surface area (TPSA) is 67.8 Å². The summed E-state index contributed by atoms with van der Waals surface area (Å²) in [7, 11) is 3.12. The molecule has 0 aliphatic carbocycles. The summed E-state index contributed by atoms with van der Waals surface area (Å²) in [5.41, 5.74) is 3.73. The summed E-state index contributed by atoms with van der Waals surface area (Å²) in [5, 5.41) is 8.86. The molecule has 0 spiro atoms. The van der Waals surface area contributed by atoms with Gasteiger partial charge in [-0.15, -0.1) is 10.2 Å². The predicted molar refractivity (Wildman–Crippen MR) is 125 cm³/mol. The molecule has 32 heavy (non-hydrogen) atoms. The van der Waals surface area contributed by atoms with Gasteiger partial charge in [0.1, 0.15) is 0 Å². The Bertz CT molecular complexity index is 1060. The van der Waals surface area contributed by atoms with Gasteiger partial charge in [-0.2, -0.15) is 0 Å². The van der Waals surface area contributed by atoms with Crippen LogP contribution < -0.4 is 14.4 Å². The number of aryl methyl sites for hydroxylation is 1. The Morgan fingerprint density at radius 2 is 1.66 bits per heavy atom. The van der Waals surface area contributed by atoms with Crippen molar-refractivity contribution in [3.63, 3.8) is 0 Å². The van der Waals surface area contributed by atoms with E-state index < -0.39 is 0 Å². The molecule has 1 aliphatic rings. The van der Waals surface area contributed by atoms with Crippen LogP contribution in [0.1, 0.15) is 22.8 Å². The molecule has 7 nitrogen and oxygen atoms in total. The minimum absolute atomic E-state index is 0.0580. The highest BCUT2D eigenvalue weighted by Crippen LogP contribution is 2.31. The Hall–Kier alpha value is -3.61. The van der Waals surface area contributed by atoms with Gasteiger partial charge in [-0.1, -0.05) is 37.3 Å². The molecular formula is C25H28N4O3. The first-order valence-electron chi connectivity index (χ1n) is 10.8. The molecule has 2 aromatic carbocycles. The van der Waals surface area contributed by atoms with Crippen molar-refractivity contribution in [1.82, 2.24) is 15.1 Å². The highest BCUT2D eigenvalue weighted by Gasteiger charge is 2.26. The number of carbonyl (C=O) groups is 1. The van der Waals surface area contributed by atoms with E-state index in [1.807, 2.05) is 17.0 Å². The quantitative estimate of drug-likeness (QED) is 0.592. The Morgan fingerprint density at radius 3 is 2.25 bits per heavy atom. The summed E-state index contributed by atoms with van der Waals surface area (Å²) in [6.07, 6.45) is 1.02. The normalized spacial score (nSPS) is 13.7. The van der Waals surface area contributed by atoms with Crippen LogP contribution in [0.25, 0.3) is 11.3 Å². The molecule has 2 heterocycles. The van der Waals surface area contributed by atoms with Gasteiger partial charge in [0.2, 0.25) is 0 Å². The summed E-state index contributed by atoms with van der Waals surface area (Å²) in [6, 6.07) is 17.8. The maximum Gasteiger partial charge on any atom is 0.257 e. The zero-order valence-corrected chi connectivity index (χ0v) is 18.7. The van der Waals surface area contributed by atoms with E-state index in [-0.39, 0.29) is 5.91 Å². The fourth-order valence-corrected chi connectivity index (χ4v) is 3.92. The second-order valence-electron chi connectivity index (χ2n) is 7.65. The van der Waals surface area contributed by atoms with Crippen molar-refractivity contribution in [2.45, 2.75) is 13.3 Å².